The van der Waals surface area contributed by atoms with Gasteiger partial charge in [0.25, 0.3) is 0 Å². The van der Waals surface area contributed by atoms with Gasteiger partial charge in [-0.05, 0) is 37.1 Å². The van der Waals surface area contributed by atoms with Crippen LogP contribution in [0.1, 0.15) is 24.2 Å². The van der Waals surface area contributed by atoms with Gasteiger partial charge in [0.2, 0.25) is 0 Å². The normalized spacial score (nSPS) is 12.5. The maximum absolute atomic E-state index is 4.22. The minimum atomic E-state index is 0.410. The minimum absolute atomic E-state index is 0.410. The molecule has 0 amide bonds. The number of nitrogens with one attached hydrogen (secondary N) is 1. The molecular weight excluding hydrogens is 238 g/mol. The first-order valence-electron chi connectivity index (χ1n) is 6.72. The molecule has 1 unspecified atom stereocenters. The SMILES string of the molecule is CNC(CCCc1ccccc1)Cc1nnn(C)n1. The van der Waals surface area contributed by atoms with E-state index < -0.39 is 0 Å². The fourth-order valence-corrected chi connectivity index (χ4v) is 2.17. The van der Waals surface area contributed by atoms with Crippen LogP contribution in [0.3, 0.4) is 0 Å². The maximum Gasteiger partial charge on any atom is 0.176 e. The zero-order valence-electron chi connectivity index (χ0n) is 11.6. The van der Waals surface area contributed by atoms with Gasteiger partial charge in [0.05, 0.1) is 7.05 Å². The molecule has 1 atom stereocenters. The Morgan fingerprint density at radius 1 is 1.26 bits per heavy atom. The Morgan fingerprint density at radius 3 is 2.68 bits per heavy atom. The predicted molar refractivity (Wildman–Crippen MR) is 74.7 cm³/mol. The molecule has 0 aliphatic rings. The Hall–Kier alpha value is -1.75. The highest BCUT2D eigenvalue weighted by molar-refractivity contribution is 5.14. The summed E-state index contributed by atoms with van der Waals surface area (Å²) in [7, 11) is 3.78. The number of rotatable bonds is 7. The number of hydrogen-bond donors (Lipinski definition) is 1. The Balaban J connectivity index is 1.76. The van der Waals surface area contributed by atoms with Crippen molar-refractivity contribution in [3.05, 3.63) is 41.7 Å². The molecule has 0 radical (unpaired) electrons. The van der Waals surface area contributed by atoms with Crippen LogP contribution in [0.2, 0.25) is 0 Å². The van der Waals surface area contributed by atoms with E-state index in [2.05, 4.69) is 51.1 Å². The largest absolute Gasteiger partial charge is 0.317 e. The molecule has 102 valence electrons. The number of nitrogens with zero attached hydrogens (tertiary/aromatic N) is 4. The van der Waals surface area contributed by atoms with Crippen molar-refractivity contribution in [2.75, 3.05) is 7.05 Å². The van der Waals surface area contributed by atoms with Crippen LogP contribution in [-0.4, -0.2) is 33.3 Å². The van der Waals surface area contributed by atoms with Gasteiger partial charge in [-0.2, -0.15) is 4.80 Å². The van der Waals surface area contributed by atoms with E-state index in [1.54, 1.807) is 7.05 Å². The zero-order valence-corrected chi connectivity index (χ0v) is 11.6. The fraction of sp³-hybridized carbons (Fsp3) is 0.500. The quantitative estimate of drug-likeness (QED) is 0.816. The van der Waals surface area contributed by atoms with Crippen LogP contribution < -0.4 is 5.32 Å². The van der Waals surface area contributed by atoms with Crippen LogP contribution in [0.15, 0.2) is 30.3 Å². The summed E-state index contributed by atoms with van der Waals surface area (Å²) < 4.78 is 0. The summed E-state index contributed by atoms with van der Waals surface area (Å²) in [6, 6.07) is 11.0. The smallest absolute Gasteiger partial charge is 0.176 e. The molecule has 0 saturated carbocycles. The highest BCUT2D eigenvalue weighted by atomic mass is 15.6. The molecule has 1 aromatic carbocycles. The number of hydrogen-bond acceptors (Lipinski definition) is 4. The standard InChI is InChI=1S/C14H21N5/c1-15-13(11-14-16-18-19(2)17-14)10-6-9-12-7-4-3-5-8-12/h3-5,7-8,13,15H,6,9-11H2,1-2H3. The van der Waals surface area contributed by atoms with Crippen LogP contribution >= 0.6 is 0 Å². The summed E-state index contributed by atoms with van der Waals surface area (Å²) in [4.78, 5) is 1.51. The van der Waals surface area contributed by atoms with E-state index >= 15 is 0 Å². The van der Waals surface area contributed by atoms with E-state index in [9.17, 15) is 0 Å². The minimum Gasteiger partial charge on any atom is -0.317 e. The van der Waals surface area contributed by atoms with Gasteiger partial charge in [-0.25, -0.2) is 0 Å². The molecule has 2 aromatic rings. The molecule has 2 rings (SSSR count). The molecule has 1 heterocycles. The lowest BCUT2D eigenvalue weighted by Gasteiger charge is -2.13. The molecule has 0 aliphatic carbocycles. The third-order valence-corrected chi connectivity index (χ3v) is 3.25. The summed E-state index contributed by atoms with van der Waals surface area (Å²) in [6.07, 6.45) is 4.23. The Labute approximate surface area is 114 Å². The summed E-state index contributed by atoms with van der Waals surface area (Å²) >= 11 is 0. The molecule has 0 spiro atoms. The lowest BCUT2D eigenvalue weighted by Crippen LogP contribution is -2.28. The van der Waals surface area contributed by atoms with Gasteiger partial charge in [0, 0.05) is 12.5 Å². The molecule has 1 aromatic heterocycles. The monoisotopic (exact) mass is 259 g/mol. The molecule has 5 nitrogen and oxygen atoms in total. The Bertz CT molecular complexity index is 480. The maximum atomic E-state index is 4.22. The van der Waals surface area contributed by atoms with Crippen molar-refractivity contribution in [2.45, 2.75) is 31.7 Å². The molecule has 19 heavy (non-hydrogen) atoms. The van der Waals surface area contributed by atoms with Crippen molar-refractivity contribution in [1.29, 1.82) is 0 Å². The fourth-order valence-electron chi connectivity index (χ4n) is 2.17. The predicted octanol–water partition coefficient (Wildman–Crippen LogP) is 1.36. The molecule has 0 bridgehead atoms. The van der Waals surface area contributed by atoms with Gasteiger partial charge < -0.3 is 5.32 Å². The van der Waals surface area contributed by atoms with Crippen LogP contribution in [0.4, 0.5) is 0 Å². The number of benzene rings is 1. The van der Waals surface area contributed by atoms with Crippen molar-refractivity contribution in [3.63, 3.8) is 0 Å². The van der Waals surface area contributed by atoms with E-state index in [-0.39, 0.29) is 0 Å². The summed E-state index contributed by atoms with van der Waals surface area (Å²) in [6.45, 7) is 0. The number of aromatic nitrogens is 4. The molecular formula is C14H21N5. The van der Waals surface area contributed by atoms with Crippen molar-refractivity contribution >= 4 is 0 Å². The van der Waals surface area contributed by atoms with Gasteiger partial charge >= 0.3 is 0 Å². The van der Waals surface area contributed by atoms with Crippen molar-refractivity contribution in [3.8, 4) is 0 Å². The first kappa shape index (κ1) is 13.7. The average molecular weight is 259 g/mol. The van der Waals surface area contributed by atoms with E-state index in [0.29, 0.717) is 6.04 Å². The highest BCUT2D eigenvalue weighted by Gasteiger charge is 2.10. The topological polar surface area (TPSA) is 55.6 Å². The lowest BCUT2D eigenvalue weighted by atomic mass is 10.0. The van der Waals surface area contributed by atoms with Gasteiger partial charge in [-0.1, -0.05) is 30.3 Å². The molecule has 0 aliphatic heterocycles. The third-order valence-electron chi connectivity index (χ3n) is 3.25. The molecule has 5 heteroatoms. The first-order chi connectivity index (χ1) is 9.28. The van der Waals surface area contributed by atoms with Crippen LogP contribution in [0.5, 0.6) is 0 Å². The van der Waals surface area contributed by atoms with Crippen LogP contribution in [0.25, 0.3) is 0 Å². The Morgan fingerprint density at radius 2 is 2.05 bits per heavy atom. The second kappa shape index (κ2) is 6.99. The second-order valence-corrected chi connectivity index (χ2v) is 4.76. The summed E-state index contributed by atoms with van der Waals surface area (Å²) in [5, 5.41) is 15.4. The van der Waals surface area contributed by atoms with E-state index in [1.807, 2.05) is 7.05 Å². The summed E-state index contributed by atoms with van der Waals surface area (Å²) in [5.41, 5.74) is 1.40. The van der Waals surface area contributed by atoms with E-state index in [0.717, 1.165) is 31.5 Å². The summed E-state index contributed by atoms with van der Waals surface area (Å²) in [5.74, 6) is 0.807. The molecule has 0 saturated heterocycles. The first-order valence-corrected chi connectivity index (χ1v) is 6.72. The number of tetrazole rings is 1. The van der Waals surface area contributed by atoms with Crippen molar-refractivity contribution in [1.82, 2.24) is 25.5 Å². The van der Waals surface area contributed by atoms with Gasteiger partial charge in [0.15, 0.2) is 5.82 Å². The van der Waals surface area contributed by atoms with E-state index in [1.165, 1.54) is 10.4 Å². The zero-order chi connectivity index (χ0) is 13.5. The lowest BCUT2D eigenvalue weighted by molar-refractivity contribution is 0.491. The number of likely N-dealkylation sites (N-methyl/N-ethyl adjacent to an activating group) is 1. The van der Waals surface area contributed by atoms with E-state index in [4.69, 9.17) is 0 Å². The number of aryl methyl sites for hydroxylation is 2. The van der Waals surface area contributed by atoms with Gasteiger partial charge in [-0.3, -0.25) is 0 Å². The van der Waals surface area contributed by atoms with Crippen molar-refractivity contribution in [2.24, 2.45) is 7.05 Å². The van der Waals surface area contributed by atoms with Crippen LogP contribution in [-0.2, 0) is 19.9 Å². The highest BCUT2D eigenvalue weighted by Crippen LogP contribution is 2.08. The Kier molecular flexibility index (Phi) is 5.03. The van der Waals surface area contributed by atoms with Gasteiger partial charge in [-0.15, -0.1) is 10.2 Å². The molecule has 0 fully saturated rings. The molecule has 1 N–H and O–H groups in total. The van der Waals surface area contributed by atoms with Gasteiger partial charge in [0.1, 0.15) is 0 Å². The van der Waals surface area contributed by atoms with Crippen molar-refractivity contribution < 1.29 is 0 Å². The van der Waals surface area contributed by atoms with Crippen LogP contribution in [0, 0.1) is 0 Å². The second-order valence-electron chi connectivity index (χ2n) is 4.76. The average Bonchev–Trinajstić information content (AvgIpc) is 2.84. The third kappa shape index (κ3) is 4.44.